The molecule has 1 fully saturated rings. The minimum absolute atomic E-state index is 0.718. The summed E-state index contributed by atoms with van der Waals surface area (Å²) in [5, 5.41) is 9.95. The molecule has 0 aromatic heterocycles. The van der Waals surface area contributed by atoms with Crippen molar-refractivity contribution in [3.8, 4) is 0 Å². The second kappa shape index (κ2) is 3.22. The van der Waals surface area contributed by atoms with Crippen LogP contribution in [-0.4, -0.2) is 36.9 Å². The van der Waals surface area contributed by atoms with Crippen molar-refractivity contribution in [1.82, 2.24) is 10.3 Å². The first-order valence-corrected chi connectivity index (χ1v) is 4.46. The van der Waals surface area contributed by atoms with Crippen LogP contribution in [0.1, 0.15) is 19.3 Å². The first-order valence-electron chi connectivity index (χ1n) is 4.46. The van der Waals surface area contributed by atoms with E-state index < -0.39 is 0 Å². The van der Waals surface area contributed by atoms with Crippen LogP contribution in [0.2, 0.25) is 0 Å². The van der Waals surface area contributed by atoms with E-state index >= 15 is 0 Å². The quantitative estimate of drug-likeness (QED) is 0.591. The molecule has 2 rings (SSSR count). The van der Waals surface area contributed by atoms with Gasteiger partial charge in [-0.2, -0.15) is 5.10 Å². The van der Waals surface area contributed by atoms with Crippen LogP contribution in [0.15, 0.2) is 5.10 Å². The van der Waals surface area contributed by atoms with E-state index in [1.165, 1.54) is 12.8 Å². The minimum Gasteiger partial charge on any atom is -0.317 e. The van der Waals surface area contributed by atoms with Gasteiger partial charge >= 0.3 is 0 Å². The monoisotopic (exact) mass is 153 g/mol. The molecule has 62 valence electrons. The minimum atomic E-state index is 0.718. The van der Waals surface area contributed by atoms with E-state index in [4.69, 9.17) is 0 Å². The highest BCUT2D eigenvalue weighted by atomic mass is 15.5. The Morgan fingerprint density at radius 1 is 1.36 bits per heavy atom. The Balaban J connectivity index is 1.87. The third-order valence-electron chi connectivity index (χ3n) is 2.45. The second-order valence-corrected chi connectivity index (χ2v) is 3.23. The molecule has 0 aromatic carbocycles. The van der Waals surface area contributed by atoms with Gasteiger partial charge < -0.3 is 5.32 Å². The molecule has 0 aliphatic carbocycles. The van der Waals surface area contributed by atoms with Crippen LogP contribution in [0.3, 0.4) is 0 Å². The highest BCUT2D eigenvalue weighted by molar-refractivity contribution is 5.58. The number of rotatable bonds is 1. The van der Waals surface area contributed by atoms with Crippen molar-refractivity contribution < 1.29 is 0 Å². The van der Waals surface area contributed by atoms with Crippen LogP contribution in [0.25, 0.3) is 0 Å². The van der Waals surface area contributed by atoms with E-state index in [-0.39, 0.29) is 0 Å². The number of hydrogen-bond donors (Lipinski definition) is 1. The lowest BCUT2D eigenvalue weighted by Gasteiger charge is -2.29. The predicted octanol–water partition coefficient (Wildman–Crippen LogP) is 0.430. The molecule has 2 aliphatic rings. The molecule has 0 radical (unpaired) electrons. The smallest absolute Gasteiger partial charge is 0.0494 e. The van der Waals surface area contributed by atoms with Crippen molar-refractivity contribution in [2.75, 3.05) is 19.6 Å². The van der Waals surface area contributed by atoms with Crippen molar-refractivity contribution in [3.63, 3.8) is 0 Å². The molecule has 0 spiro atoms. The molecule has 0 amide bonds. The summed E-state index contributed by atoms with van der Waals surface area (Å²) in [6, 6.07) is 0.718. The van der Waals surface area contributed by atoms with Crippen molar-refractivity contribution in [3.05, 3.63) is 0 Å². The van der Waals surface area contributed by atoms with E-state index in [1.807, 2.05) is 6.21 Å². The topological polar surface area (TPSA) is 27.6 Å². The first kappa shape index (κ1) is 7.10. The molecule has 0 bridgehead atoms. The van der Waals surface area contributed by atoms with Gasteiger partial charge in [0, 0.05) is 25.2 Å². The van der Waals surface area contributed by atoms with Gasteiger partial charge in [-0.25, -0.2) is 0 Å². The maximum absolute atomic E-state index is 4.34. The molecule has 11 heavy (non-hydrogen) atoms. The number of nitrogens with one attached hydrogen (secondary N) is 1. The SMILES string of the molecule is C1=NN(C2CCNCC2)CC1. The van der Waals surface area contributed by atoms with Crippen LogP contribution in [0.5, 0.6) is 0 Å². The predicted molar refractivity (Wildman–Crippen MR) is 45.7 cm³/mol. The highest BCUT2D eigenvalue weighted by Gasteiger charge is 2.20. The Morgan fingerprint density at radius 2 is 2.18 bits per heavy atom. The summed E-state index contributed by atoms with van der Waals surface area (Å²) in [6.07, 6.45) is 5.70. The zero-order valence-electron chi connectivity index (χ0n) is 6.79. The summed E-state index contributed by atoms with van der Waals surface area (Å²) in [7, 11) is 0. The Morgan fingerprint density at radius 3 is 2.82 bits per heavy atom. The number of hydrazone groups is 1. The van der Waals surface area contributed by atoms with Gasteiger partial charge in [0.15, 0.2) is 0 Å². The summed E-state index contributed by atoms with van der Waals surface area (Å²) in [6.45, 7) is 3.47. The fourth-order valence-corrected chi connectivity index (χ4v) is 1.79. The van der Waals surface area contributed by atoms with E-state index in [2.05, 4.69) is 15.4 Å². The summed E-state index contributed by atoms with van der Waals surface area (Å²) < 4.78 is 0. The average molecular weight is 153 g/mol. The summed E-state index contributed by atoms with van der Waals surface area (Å²) in [4.78, 5) is 0. The fourth-order valence-electron chi connectivity index (χ4n) is 1.79. The van der Waals surface area contributed by atoms with Crippen molar-refractivity contribution in [1.29, 1.82) is 0 Å². The molecular weight excluding hydrogens is 138 g/mol. The number of piperidine rings is 1. The molecule has 0 saturated carbocycles. The molecule has 2 heterocycles. The van der Waals surface area contributed by atoms with Crippen LogP contribution in [0, 0.1) is 0 Å². The Hall–Kier alpha value is -0.570. The molecule has 3 heteroatoms. The van der Waals surface area contributed by atoms with E-state index in [0.717, 1.165) is 32.1 Å². The first-order chi connectivity index (χ1) is 5.47. The molecule has 0 aromatic rings. The lowest BCUT2D eigenvalue weighted by Crippen LogP contribution is -2.39. The largest absolute Gasteiger partial charge is 0.317 e. The van der Waals surface area contributed by atoms with Crippen molar-refractivity contribution in [2.45, 2.75) is 25.3 Å². The maximum atomic E-state index is 4.34. The van der Waals surface area contributed by atoms with Crippen LogP contribution in [0.4, 0.5) is 0 Å². The molecule has 2 aliphatic heterocycles. The molecule has 3 nitrogen and oxygen atoms in total. The second-order valence-electron chi connectivity index (χ2n) is 3.23. The normalized spacial score (nSPS) is 26.4. The van der Waals surface area contributed by atoms with Gasteiger partial charge in [0.1, 0.15) is 0 Å². The lowest BCUT2D eigenvalue weighted by atomic mass is 10.1. The van der Waals surface area contributed by atoms with Crippen molar-refractivity contribution in [2.24, 2.45) is 5.10 Å². The van der Waals surface area contributed by atoms with E-state index in [9.17, 15) is 0 Å². The lowest BCUT2D eigenvalue weighted by molar-refractivity contribution is 0.186. The summed E-state index contributed by atoms with van der Waals surface area (Å²) in [5.74, 6) is 0. The molecular formula is C8H15N3. The average Bonchev–Trinajstić information content (AvgIpc) is 2.58. The van der Waals surface area contributed by atoms with Gasteiger partial charge in [-0.1, -0.05) is 0 Å². The van der Waals surface area contributed by atoms with Gasteiger partial charge in [0.25, 0.3) is 0 Å². The summed E-state index contributed by atoms with van der Waals surface area (Å²) in [5.41, 5.74) is 0. The molecule has 0 unspecified atom stereocenters. The van der Waals surface area contributed by atoms with Gasteiger partial charge in [-0.05, 0) is 25.9 Å². The van der Waals surface area contributed by atoms with Gasteiger partial charge in [-0.15, -0.1) is 0 Å². The Labute approximate surface area is 67.5 Å². The third-order valence-corrected chi connectivity index (χ3v) is 2.45. The zero-order valence-corrected chi connectivity index (χ0v) is 6.79. The van der Waals surface area contributed by atoms with E-state index in [0.29, 0.717) is 0 Å². The van der Waals surface area contributed by atoms with Gasteiger partial charge in [0.05, 0.1) is 0 Å². The zero-order chi connectivity index (χ0) is 7.52. The maximum Gasteiger partial charge on any atom is 0.0494 e. The molecule has 1 N–H and O–H groups in total. The fraction of sp³-hybridized carbons (Fsp3) is 0.875. The third kappa shape index (κ3) is 1.53. The summed E-state index contributed by atoms with van der Waals surface area (Å²) >= 11 is 0. The van der Waals surface area contributed by atoms with E-state index in [1.54, 1.807) is 0 Å². The highest BCUT2D eigenvalue weighted by Crippen LogP contribution is 2.14. The van der Waals surface area contributed by atoms with Crippen LogP contribution < -0.4 is 5.32 Å². The number of hydrogen-bond acceptors (Lipinski definition) is 3. The van der Waals surface area contributed by atoms with Gasteiger partial charge in [0.2, 0.25) is 0 Å². The van der Waals surface area contributed by atoms with Gasteiger partial charge in [-0.3, -0.25) is 5.01 Å². The number of nitrogens with zero attached hydrogens (tertiary/aromatic N) is 2. The molecule has 1 saturated heterocycles. The molecule has 0 atom stereocenters. The standard InChI is InChI=1S/C8H15N3/c1-4-10-11(7-1)8-2-5-9-6-3-8/h4,8-9H,1-3,5-7H2. The van der Waals surface area contributed by atoms with Crippen LogP contribution >= 0.6 is 0 Å². The Bertz CT molecular complexity index is 149. The van der Waals surface area contributed by atoms with Crippen molar-refractivity contribution >= 4 is 6.21 Å². The van der Waals surface area contributed by atoms with Crippen LogP contribution in [-0.2, 0) is 0 Å². The Kier molecular flexibility index (Phi) is 2.08.